The van der Waals surface area contributed by atoms with Crippen molar-refractivity contribution in [3.05, 3.63) is 54.6 Å². The topological polar surface area (TPSA) is 91.5 Å². The summed E-state index contributed by atoms with van der Waals surface area (Å²) < 4.78 is 5.17. The summed E-state index contributed by atoms with van der Waals surface area (Å²) in [7, 11) is 1.64. The summed E-state index contributed by atoms with van der Waals surface area (Å²) in [4.78, 5) is 25.5. The third kappa shape index (κ3) is 8.67. The van der Waals surface area contributed by atoms with Crippen molar-refractivity contribution < 1.29 is 14.3 Å². The molecule has 0 spiro atoms. The van der Waals surface area contributed by atoms with Crippen LogP contribution in [0.5, 0.6) is 5.75 Å². The van der Waals surface area contributed by atoms with Gasteiger partial charge in [0, 0.05) is 24.5 Å². The maximum absolute atomic E-state index is 12.9. The molecule has 1 aliphatic rings. The molecule has 0 radical (unpaired) electrons. The number of amides is 2. The van der Waals surface area contributed by atoms with E-state index in [0.717, 1.165) is 30.0 Å². The van der Waals surface area contributed by atoms with Crippen LogP contribution < -0.4 is 26.0 Å². The van der Waals surface area contributed by atoms with E-state index in [1.165, 1.54) is 19.3 Å². The number of anilines is 2. The van der Waals surface area contributed by atoms with Crippen molar-refractivity contribution in [3.63, 3.8) is 0 Å². The van der Waals surface area contributed by atoms with Gasteiger partial charge in [0.2, 0.25) is 11.8 Å². The third-order valence-electron chi connectivity index (χ3n) is 6.02. The molecule has 1 saturated carbocycles. The van der Waals surface area contributed by atoms with E-state index < -0.39 is 6.04 Å². The van der Waals surface area contributed by atoms with Crippen molar-refractivity contribution in [3.8, 4) is 5.75 Å². The number of carbonyl (C=O) groups is 2. The molecule has 7 nitrogen and oxygen atoms in total. The molecule has 0 aromatic heterocycles. The Morgan fingerprint density at radius 2 is 1.61 bits per heavy atom. The average molecular weight is 453 g/mol. The monoisotopic (exact) mass is 452 g/mol. The van der Waals surface area contributed by atoms with Gasteiger partial charge in [0.15, 0.2) is 0 Å². The highest BCUT2D eigenvalue weighted by atomic mass is 16.5. The van der Waals surface area contributed by atoms with Gasteiger partial charge in [-0.25, -0.2) is 0 Å². The van der Waals surface area contributed by atoms with E-state index in [2.05, 4.69) is 21.3 Å². The lowest BCUT2D eigenvalue weighted by Gasteiger charge is -2.26. The Balaban J connectivity index is 1.47. The molecule has 4 N–H and O–H groups in total. The molecule has 2 aromatic carbocycles. The van der Waals surface area contributed by atoms with E-state index in [1.807, 2.05) is 54.6 Å². The summed E-state index contributed by atoms with van der Waals surface area (Å²) in [5.41, 5.74) is 1.84. The molecule has 1 fully saturated rings. The largest absolute Gasteiger partial charge is 0.497 e. The van der Waals surface area contributed by atoms with Crippen molar-refractivity contribution in [2.24, 2.45) is 5.92 Å². The average Bonchev–Trinajstić information content (AvgIpc) is 2.86. The minimum atomic E-state index is -0.515. The Morgan fingerprint density at radius 1 is 0.909 bits per heavy atom. The summed E-state index contributed by atoms with van der Waals surface area (Å²) in [5.74, 6) is 0.988. The maximum Gasteiger partial charge on any atom is 0.242 e. The van der Waals surface area contributed by atoms with E-state index >= 15 is 0 Å². The zero-order valence-corrected chi connectivity index (χ0v) is 19.4. The molecule has 0 bridgehead atoms. The Morgan fingerprint density at radius 3 is 2.30 bits per heavy atom. The van der Waals surface area contributed by atoms with Crippen LogP contribution in [-0.4, -0.2) is 44.6 Å². The summed E-state index contributed by atoms with van der Waals surface area (Å²) in [6.45, 7) is 1.21. The number of carbonyl (C=O) groups excluding carboxylic acids is 2. The summed E-state index contributed by atoms with van der Waals surface area (Å²) in [5, 5.41) is 12.3. The Hall–Kier alpha value is -3.22. The van der Waals surface area contributed by atoms with E-state index in [0.29, 0.717) is 25.4 Å². The number of hydrogen-bond acceptors (Lipinski definition) is 5. The van der Waals surface area contributed by atoms with Gasteiger partial charge in [-0.1, -0.05) is 50.3 Å². The van der Waals surface area contributed by atoms with Crippen LogP contribution in [0, 0.1) is 5.92 Å². The molecule has 3 rings (SSSR count). The Bertz CT molecular complexity index is 852. The highest BCUT2D eigenvalue weighted by Gasteiger charge is 2.25. The molecule has 1 aliphatic carbocycles. The number of rotatable bonds is 12. The second-order valence-corrected chi connectivity index (χ2v) is 8.53. The molecule has 178 valence electrons. The molecule has 0 aliphatic heterocycles. The molecule has 1 atom stereocenters. The van der Waals surface area contributed by atoms with E-state index in [1.54, 1.807) is 7.11 Å². The Labute approximate surface area is 196 Å². The number of para-hydroxylation sites is 1. The van der Waals surface area contributed by atoms with Crippen LogP contribution in [0.15, 0.2) is 54.6 Å². The second kappa shape index (κ2) is 13.4. The lowest BCUT2D eigenvalue weighted by molar-refractivity contribution is -0.128. The van der Waals surface area contributed by atoms with Crippen molar-refractivity contribution >= 4 is 23.2 Å². The minimum absolute atomic E-state index is 0.120. The predicted octanol–water partition coefficient (Wildman–Crippen LogP) is 3.79. The number of nitrogens with one attached hydrogen (secondary N) is 4. The molecule has 0 heterocycles. The van der Waals surface area contributed by atoms with Gasteiger partial charge in [0.25, 0.3) is 0 Å². The standard InChI is InChI=1S/C26H36N4O3/c1-33-23-14-12-22(13-15-23)27-16-17-28-26(32)24(18-20-8-4-2-5-9-20)30-25(31)19-29-21-10-6-3-7-11-21/h3,6-7,10-15,20,24,27,29H,2,4-5,8-9,16-19H2,1H3,(H,28,32)(H,30,31). The van der Waals surface area contributed by atoms with Gasteiger partial charge >= 0.3 is 0 Å². The van der Waals surface area contributed by atoms with Gasteiger partial charge in [0.05, 0.1) is 13.7 Å². The first-order valence-corrected chi connectivity index (χ1v) is 11.9. The molecular formula is C26H36N4O3. The molecule has 0 saturated heterocycles. The fourth-order valence-electron chi connectivity index (χ4n) is 4.20. The fraction of sp³-hybridized carbons (Fsp3) is 0.462. The van der Waals surface area contributed by atoms with Crippen molar-refractivity contribution in [2.75, 3.05) is 37.4 Å². The van der Waals surface area contributed by atoms with E-state index in [9.17, 15) is 9.59 Å². The van der Waals surface area contributed by atoms with E-state index in [-0.39, 0.29) is 18.4 Å². The molecule has 2 amide bonds. The Kier molecular flexibility index (Phi) is 9.88. The first-order chi connectivity index (χ1) is 16.1. The second-order valence-electron chi connectivity index (χ2n) is 8.53. The van der Waals surface area contributed by atoms with Crippen LogP contribution in [0.2, 0.25) is 0 Å². The molecule has 33 heavy (non-hydrogen) atoms. The van der Waals surface area contributed by atoms with Crippen molar-refractivity contribution in [1.82, 2.24) is 10.6 Å². The quantitative estimate of drug-likeness (QED) is 0.368. The molecule has 1 unspecified atom stereocenters. The summed E-state index contributed by atoms with van der Waals surface area (Å²) in [6, 6.07) is 16.7. The van der Waals surface area contributed by atoms with Gasteiger partial charge in [-0.05, 0) is 48.7 Å². The number of benzene rings is 2. The summed E-state index contributed by atoms with van der Waals surface area (Å²) >= 11 is 0. The van der Waals surface area contributed by atoms with Crippen molar-refractivity contribution in [1.29, 1.82) is 0 Å². The lowest BCUT2D eigenvalue weighted by Crippen LogP contribution is -2.50. The maximum atomic E-state index is 12.9. The van der Waals surface area contributed by atoms with Crippen LogP contribution in [0.3, 0.4) is 0 Å². The smallest absolute Gasteiger partial charge is 0.242 e. The normalized spacial score (nSPS) is 14.7. The van der Waals surface area contributed by atoms with Gasteiger partial charge < -0.3 is 26.0 Å². The third-order valence-corrected chi connectivity index (χ3v) is 6.02. The lowest BCUT2D eigenvalue weighted by atomic mass is 9.84. The van der Waals surface area contributed by atoms with Crippen LogP contribution in [0.25, 0.3) is 0 Å². The highest BCUT2D eigenvalue weighted by Crippen LogP contribution is 2.27. The van der Waals surface area contributed by atoms with Crippen LogP contribution >= 0.6 is 0 Å². The van der Waals surface area contributed by atoms with Gasteiger partial charge in [-0.15, -0.1) is 0 Å². The number of ether oxygens (including phenoxy) is 1. The van der Waals surface area contributed by atoms with Gasteiger partial charge in [-0.3, -0.25) is 9.59 Å². The zero-order chi connectivity index (χ0) is 23.3. The SMILES string of the molecule is COc1ccc(NCCNC(=O)C(CC2CCCCC2)NC(=O)CNc2ccccc2)cc1. The predicted molar refractivity (Wildman–Crippen MR) is 133 cm³/mol. The number of hydrogen-bond donors (Lipinski definition) is 4. The first-order valence-electron chi connectivity index (χ1n) is 11.9. The van der Waals surface area contributed by atoms with Crippen LogP contribution in [0.4, 0.5) is 11.4 Å². The molecule has 7 heteroatoms. The van der Waals surface area contributed by atoms with Crippen molar-refractivity contribution in [2.45, 2.75) is 44.6 Å². The molecule has 2 aromatic rings. The first kappa shape index (κ1) is 24.4. The summed E-state index contributed by atoms with van der Waals surface area (Å²) in [6.07, 6.45) is 6.61. The van der Waals surface area contributed by atoms with Gasteiger partial charge in [0.1, 0.15) is 11.8 Å². The zero-order valence-electron chi connectivity index (χ0n) is 19.4. The molecular weight excluding hydrogens is 416 g/mol. The highest BCUT2D eigenvalue weighted by molar-refractivity contribution is 5.89. The minimum Gasteiger partial charge on any atom is -0.497 e. The number of methoxy groups -OCH3 is 1. The van der Waals surface area contributed by atoms with Crippen LogP contribution in [0.1, 0.15) is 38.5 Å². The van der Waals surface area contributed by atoms with Crippen LogP contribution in [-0.2, 0) is 9.59 Å². The van der Waals surface area contributed by atoms with E-state index in [4.69, 9.17) is 4.74 Å². The van der Waals surface area contributed by atoms with Gasteiger partial charge in [-0.2, -0.15) is 0 Å². The fourth-order valence-corrected chi connectivity index (χ4v) is 4.20.